The van der Waals surface area contributed by atoms with E-state index in [0.717, 1.165) is 16.5 Å². The Morgan fingerprint density at radius 1 is 1.24 bits per heavy atom. The second-order valence-corrected chi connectivity index (χ2v) is 5.46. The predicted octanol–water partition coefficient (Wildman–Crippen LogP) is -0.285. The molecule has 0 unspecified atom stereocenters. The molecular formula is C15H19N3O3. The molecule has 1 aromatic carbocycles. The van der Waals surface area contributed by atoms with Crippen molar-refractivity contribution in [1.82, 2.24) is 9.88 Å². The fraction of sp³-hybridized carbons (Fsp3) is 0.400. The zero-order valence-electron chi connectivity index (χ0n) is 11.6. The lowest BCUT2D eigenvalue weighted by Gasteiger charge is -2.24. The van der Waals surface area contributed by atoms with E-state index in [2.05, 4.69) is 4.98 Å². The number of aliphatic hydroxyl groups excluding tert-OH is 3. The van der Waals surface area contributed by atoms with Gasteiger partial charge in [-0.05, 0) is 17.7 Å². The third-order valence-electron chi connectivity index (χ3n) is 4.06. The number of aliphatic hydroxyl groups is 3. The molecule has 1 aromatic heterocycles. The number of nitrogens with zero attached hydrogens (tertiary/aromatic N) is 2. The largest absolute Gasteiger partial charge is 0.395 e. The summed E-state index contributed by atoms with van der Waals surface area (Å²) in [6.07, 6.45) is -1.77. The van der Waals surface area contributed by atoms with Gasteiger partial charge in [-0.3, -0.25) is 4.90 Å². The summed E-state index contributed by atoms with van der Waals surface area (Å²) in [5.74, 6) is 0.454. The van der Waals surface area contributed by atoms with Crippen LogP contribution in [0.3, 0.4) is 0 Å². The van der Waals surface area contributed by atoms with Crippen LogP contribution in [0.1, 0.15) is 5.56 Å². The van der Waals surface area contributed by atoms with Crippen LogP contribution in [0.25, 0.3) is 10.9 Å². The summed E-state index contributed by atoms with van der Waals surface area (Å²) in [6.45, 7) is 0.622. The monoisotopic (exact) mass is 289 g/mol. The van der Waals surface area contributed by atoms with E-state index in [9.17, 15) is 15.3 Å². The SMILES string of the molecule is Nc1ccc2cccc(CN3C[C@H](O)[C@H](O)[C@H]3CO)c2n1. The van der Waals surface area contributed by atoms with Crippen LogP contribution >= 0.6 is 0 Å². The van der Waals surface area contributed by atoms with Gasteiger partial charge in [-0.15, -0.1) is 0 Å². The van der Waals surface area contributed by atoms with Crippen LogP contribution in [-0.4, -0.2) is 56.6 Å². The molecule has 0 bridgehead atoms. The number of pyridine rings is 1. The number of nitrogen functional groups attached to an aromatic ring is 1. The molecule has 2 aromatic rings. The highest BCUT2D eigenvalue weighted by Gasteiger charge is 2.39. The van der Waals surface area contributed by atoms with Gasteiger partial charge in [0.15, 0.2) is 0 Å². The molecule has 0 aliphatic carbocycles. The average Bonchev–Trinajstić information content (AvgIpc) is 2.74. The standard InChI is InChI=1S/C15H19N3O3/c16-13-5-4-9-2-1-3-10(14(9)17-13)6-18-7-12(20)15(21)11(18)8-19/h1-5,11-12,15,19-21H,6-8H2,(H2,16,17)/t11-,12+,15-/m1/s1. The van der Waals surface area contributed by atoms with Crippen molar-refractivity contribution >= 4 is 16.7 Å². The number of anilines is 1. The smallest absolute Gasteiger partial charge is 0.124 e. The fourth-order valence-corrected chi connectivity index (χ4v) is 2.93. The van der Waals surface area contributed by atoms with Gasteiger partial charge in [0.25, 0.3) is 0 Å². The number of para-hydroxylation sites is 1. The number of likely N-dealkylation sites (tertiary alicyclic amines) is 1. The summed E-state index contributed by atoms with van der Waals surface area (Å²) in [5.41, 5.74) is 7.52. The summed E-state index contributed by atoms with van der Waals surface area (Å²) >= 11 is 0. The molecule has 1 fully saturated rings. The lowest BCUT2D eigenvalue weighted by molar-refractivity contribution is 0.0210. The Bertz CT molecular complexity index is 649. The molecular weight excluding hydrogens is 270 g/mol. The molecule has 0 spiro atoms. The van der Waals surface area contributed by atoms with Gasteiger partial charge in [0.05, 0.1) is 30.4 Å². The van der Waals surface area contributed by atoms with Crippen LogP contribution in [-0.2, 0) is 6.54 Å². The second-order valence-electron chi connectivity index (χ2n) is 5.46. The molecule has 5 N–H and O–H groups in total. The molecule has 0 saturated carbocycles. The van der Waals surface area contributed by atoms with Crippen LogP contribution in [0.5, 0.6) is 0 Å². The molecule has 3 atom stereocenters. The third kappa shape index (κ3) is 2.58. The van der Waals surface area contributed by atoms with E-state index < -0.39 is 18.2 Å². The molecule has 1 aliphatic heterocycles. The van der Waals surface area contributed by atoms with Crippen molar-refractivity contribution in [2.45, 2.75) is 24.8 Å². The van der Waals surface area contributed by atoms with Crippen molar-refractivity contribution in [3.05, 3.63) is 35.9 Å². The van der Waals surface area contributed by atoms with Gasteiger partial charge in [-0.1, -0.05) is 18.2 Å². The number of hydrogen-bond donors (Lipinski definition) is 4. The highest BCUT2D eigenvalue weighted by atomic mass is 16.3. The Morgan fingerprint density at radius 3 is 2.81 bits per heavy atom. The fourth-order valence-electron chi connectivity index (χ4n) is 2.93. The molecule has 6 heteroatoms. The Morgan fingerprint density at radius 2 is 2.05 bits per heavy atom. The van der Waals surface area contributed by atoms with E-state index in [4.69, 9.17) is 5.73 Å². The maximum absolute atomic E-state index is 9.88. The predicted molar refractivity (Wildman–Crippen MR) is 79.5 cm³/mol. The Hall–Kier alpha value is -1.73. The van der Waals surface area contributed by atoms with Gasteiger partial charge in [-0.2, -0.15) is 0 Å². The number of benzene rings is 1. The van der Waals surface area contributed by atoms with Gasteiger partial charge >= 0.3 is 0 Å². The molecule has 21 heavy (non-hydrogen) atoms. The lowest BCUT2D eigenvalue weighted by Crippen LogP contribution is -2.38. The van der Waals surface area contributed by atoms with Crippen molar-refractivity contribution < 1.29 is 15.3 Å². The van der Waals surface area contributed by atoms with E-state index >= 15 is 0 Å². The van der Waals surface area contributed by atoms with Crippen molar-refractivity contribution in [3.63, 3.8) is 0 Å². The van der Waals surface area contributed by atoms with Crippen LogP contribution < -0.4 is 5.73 Å². The van der Waals surface area contributed by atoms with Gasteiger partial charge in [0.2, 0.25) is 0 Å². The first-order chi connectivity index (χ1) is 10.1. The zero-order valence-corrected chi connectivity index (χ0v) is 11.6. The Labute approximate surface area is 122 Å². The van der Waals surface area contributed by atoms with E-state index in [0.29, 0.717) is 18.9 Å². The van der Waals surface area contributed by atoms with Gasteiger partial charge in [-0.25, -0.2) is 4.98 Å². The first-order valence-electron chi connectivity index (χ1n) is 6.95. The quantitative estimate of drug-likeness (QED) is 0.619. The maximum atomic E-state index is 9.88. The Kier molecular flexibility index (Phi) is 3.77. The number of hydrogen-bond acceptors (Lipinski definition) is 6. The molecule has 6 nitrogen and oxygen atoms in total. The average molecular weight is 289 g/mol. The van der Waals surface area contributed by atoms with Crippen LogP contribution in [0, 0.1) is 0 Å². The van der Waals surface area contributed by atoms with Gasteiger partial charge < -0.3 is 21.1 Å². The maximum Gasteiger partial charge on any atom is 0.124 e. The van der Waals surface area contributed by atoms with Crippen LogP contribution in [0.2, 0.25) is 0 Å². The topological polar surface area (TPSA) is 103 Å². The van der Waals surface area contributed by atoms with Gasteiger partial charge in [0, 0.05) is 18.5 Å². The van der Waals surface area contributed by atoms with Crippen LogP contribution in [0.15, 0.2) is 30.3 Å². The van der Waals surface area contributed by atoms with Crippen molar-refractivity contribution in [2.75, 3.05) is 18.9 Å². The number of nitrogens with two attached hydrogens (primary N) is 1. The third-order valence-corrected chi connectivity index (χ3v) is 4.06. The first-order valence-corrected chi connectivity index (χ1v) is 6.95. The van der Waals surface area contributed by atoms with E-state index in [1.54, 1.807) is 6.07 Å². The highest BCUT2D eigenvalue weighted by Crippen LogP contribution is 2.24. The normalized spacial score (nSPS) is 26.5. The van der Waals surface area contributed by atoms with E-state index in [1.165, 1.54) is 0 Å². The molecule has 112 valence electrons. The number of aromatic nitrogens is 1. The molecule has 1 aliphatic rings. The van der Waals surface area contributed by atoms with E-state index in [-0.39, 0.29) is 6.61 Å². The number of rotatable bonds is 3. The summed E-state index contributed by atoms with van der Waals surface area (Å²) in [7, 11) is 0. The minimum Gasteiger partial charge on any atom is -0.395 e. The van der Waals surface area contributed by atoms with Crippen molar-refractivity contribution in [2.24, 2.45) is 0 Å². The van der Waals surface area contributed by atoms with Gasteiger partial charge in [0.1, 0.15) is 5.82 Å². The minimum atomic E-state index is -0.928. The molecule has 0 amide bonds. The molecule has 1 saturated heterocycles. The summed E-state index contributed by atoms with van der Waals surface area (Å²) in [5, 5.41) is 30.0. The minimum absolute atomic E-state index is 0.196. The summed E-state index contributed by atoms with van der Waals surface area (Å²) in [6, 6.07) is 9.05. The molecule has 3 rings (SSSR count). The first kappa shape index (κ1) is 14.2. The summed E-state index contributed by atoms with van der Waals surface area (Å²) < 4.78 is 0. The van der Waals surface area contributed by atoms with Crippen molar-refractivity contribution in [3.8, 4) is 0 Å². The van der Waals surface area contributed by atoms with Crippen LogP contribution in [0.4, 0.5) is 5.82 Å². The molecule has 0 radical (unpaired) electrons. The Balaban J connectivity index is 1.93. The summed E-state index contributed by atoms with van der Waals surface area (Å²) in [4.78, 5) is 6.24. The molecule has 2 heterocycles. The lowest BCUT2D eigenvalue weighted by atomic mass is 10.1. The second kappa shape index (κ2) is 5.57. The zero-order chi connectivity index (χ0) is 15.0. The van der Waals surface area contributed by atoms with E-state index in [1.807, 2.05) is 29.2 Å². The number of β-amino-alcohol motifs (C(OH)–C–C–N with tert-alkyl or cyclic N) is 1. The van der Waals surface area contributed by atoms with Crippen molar-refractivity contribution in [1.29, 1.82) is 0 Å². The highest BCUT2D eigenvalue weighted by molar-refractivity contribution is 5.83. The number of fused-ring (bicyclic) bond motifs is 1.